The van der Waals surface area contributed by atoms with E-state index >= 15 is 0 Å². The Hall–Kier alpha value is -2.89. The molecular formula is C15H14N2O4. The Morgan fingerprint density at radius 3 is 2.86 bits per heavy atom. The van der Waals surface area contributed by atoms with E-state index in [0.717, 1.165) is 5.56 Å². The van der Waals surface area contributed by atoms with Crippen molar-refractivity contribution in [2.45, 2.75) is 6.54 Å². The first-order valence-corrected chi connectivity index (χ1v) is 6.39. The van der Waals surface area contributed by atoms with Crippen molar-refractivity contribution in [2.24, 2.45) is 0 Å². The van der Waals surface area contributed by atoms with Gasteiger partial charge in [0.1, 0.15) is 5.75 Å². The molecule has 0 bridgehead atoms. The number of hydrogen-bond donors (Lipinski definition) is 3. The molecule has 21 heavy (non-hydrogen) atoms. The number of hydrogen-bond acceptors (Lipinski definition) is 5. The molecular weight excluding hydrogens is 272 g/mol. The lowest BCUT2D eigenvalue weighted by Crippen LogP contribution is -2.23. The molecule has 108 valence electrons. The smallest absolute Gasteiger partial charge is 0.253 e. The number of fused-ring (bicyclic) bond motifs is 1. The number of carbonyl (C=O) groups excluding carboxylic acids is 1. The van der Waals surface area contributed by atoms with Gasteiger partial charge in [-0.25, -0.2) is 0 Å². The zero-order chi connectivity index (χ0) is 14.8. The van der Waals surface area contributed by atoms with Gasteiger partial charge in [-0.05, 0) is 35.9 Å². The highest BCUT2D eigenvalue weighted by Gasteiger charge is 2.14. The fourth-order valence-electron chi connectivity index (χ4n) is 2.07. The molecule has 0 unspecified atom stereocenters. The molecule has 0 spiro atoms. The van der Waals surface area contributed by atoms with Gasteiger partial charge in [0.05, 0.1) is 5.56 Å². The van der Waals surface area contributed by atoms with Gasteiger partial charge in [0.2, 0.25) is 6.79 Å². The van der Waals surface area contributed by atoms with Crippen molar-refractivity contribution in [3.05, 3.63) is 47.5 Å². The van der Waals surface area contributed by atoms with E-state index in [9.17, 15) is 9.90 Å². The molecule has 0 atom stereocenters. The normalized spacial score (nSPS) is 12.2. The number of rotatable bonds is 3. The number of nitrogens with one attached hydrogen (secondary N) is 1. The molecule has 1 amide bonds. The Kier molecular flexibility index (Phi) is 3.27. The standard InChI is InChI=1S/C15H14N2O4/c16-12-3-2-10(18)6-11(12)15(19)17-7-9-1-4-13-14(5-9)21-8-20-13/h1-6,18H,7-8,16H2,(H,17,19). The summed E-state index contributed by atoms with van der Waals surface area (Å²) in [5.41, 5.74) is 7.17. The lowest BCUT2D eigenvalue weighted by atomic mass is 10.1. The molecule has 0 saturated heterocycles. The van der Waals surface area contributed by atoms with E-state index in [-0.39, 0.29) is 24.0 Å². The number of benzene rings is 2. The molecule has 0 radical (unpaired) electrons. The van der Waals surface area contributed by atoms with Gasteiger partial charge >= 0.3 is 0 Å². The van der Waals surface area contributed by atoms with Gasteiger partial charge in [-0.2, -0.15) is 0 Å². The van der Waals surface area contributed by atoms with Crippen LogP contribution in [0.3, 0.4) is 0 Å². The first-order chi connectivity index (χ1) is 10.1. The number of phenols is 1. The van der Waals surface area contributed by atoms with Crippen LogP contribution >= 0.6 is 0 Å². The third kappa shape index (κ3) is 2.69. The molecule has 1 aliphatic rings. The van der Waals surface area contributed by atoms with Gasteiger partial charge in [-0.1, -0.05) is 6.07 Å². The number of anilines is 1. The summed E-state index contributed by atoms with van der Waals surface area (Å²) in [7, 11) is 0. The number of phenolic OH excluding ortho intramolecular Hbond substituents is 1. The molecule has 3 rings (SSSR count). The van der Waals surface area contributed by atoms with E-state index in [1.807, 2.05) is 12.1 Å². The molecule has 0 fully saturated rings. The van der Waals surface area contributed by atoms with Crippen molar-refractivity contribution in [3.63, 3.8) is 0 Å². The van der Waals surface area contributed by atoms with Crippen molar-refractivity contribution in [1.29, 1.82) is 0 Å². The fraction of sp³-hybridized carbons (Fsp3) is 0.133. The minimum Gasteiger partial charge on any atom is -0.508 e. The van der Waals surface area contributed by atoms with Crippen LogP contribution in [0.1, 0.15) is 15.9 Å². The third-order valence-corrected chi connectivity index (χ3v) is 3.17. The minimum absolute atomic E-state index is 0.00238. The van der Waals surface area contributed by atoms with Gasteiger partial charge in [-0.15, -0.1) is 0 Å². The van der Waals surface area contributed by atoms with Crippen LogP contribution in [-0.2, 0) is 6.54 Å². The molecule has 4 N–H and O–H groups in total. The maximum Gasteiger partial charge on any atom is 0.253 e. The second-order valence-corrected chi connectivity index (χ2v) is 4.64. The average molecular weight is 286 g/mol. The first-order valence-electron chi connectivity index (χ1n) is 6.39. The summed E-state index contributed by atoms with van der Waals surface area (Å²) in [5.74, 6) is 1.01. The van der Waals surface area contributed by atoms with Crippen molar-refractivity contribution in [3.8, 4) is 17.2 Å². The quantitative estimate of drug-likeness (QED) is 0.589. The summed E-state index contributed by atoms with van der Waals surface area (Å²) in [6.45, 7) is 0.537. The van der Waals surface area contributed by atoms with Crippen LogP contribution in [0, 0.1) is 0 Å². The van der Waals surface area contributed by atoms with E-state index < -0.39 is 0 Å². The maximum absolute atomic E-state index is 12.1. The van der Waals surface area contributed by atoms with Crippen molar-refractivity contribution in [1.82, 2.24) is 5.32 Å². The van der Waals surface area contributed by atoms with Crippen LogP contribution in [0.5, 0.6) is 17.2 Å². The Balaban J connectivity index is 1.70. The zero-order valence-corrected chi connectivity index (χ0v) is 11.1. The summed E-state index contributed by atoms with van der Waals surface area (Å²) in [6.07, 6.45) is 0. The summed E-state index contributed by atoms with van der Waals surface area (Å²) in [4.78, 5) is 12.1. The number of carbonyl (C=O) groups is 1. The van der Waals surface area contributed by atoms with Gasteiger partial charge in [-0.3, -0.25) is 4.79 Å². The molecule has 6 heteroatoms. The zero-order valence-electron chi connectivity index (χ0n) is 11.1. The van der Waals surface area contributed by atoms with Gasteiger partial charge in [0.15, 0.2) is 11.5 Å². The predicted molar refractivity (Wildman–Crippen MR) is 76.3 cm³/mol. The number of nitrogen functional groups attached to an aromatic ring is 1. The van der Waals surface area contributed by atoms with E-state index in [4.69, 9.17) is 15.2 Å². The summed E-state index contributed by atoms with van der Waals surface area (Å²) < 4.78 is 10.5. The minimum atomic E-state index is -0.346. The maximum atomic E-state index is 12.1. The summed E-state index contributed by atoms with van der Waals surface area (Å²) in [5, 5.41) is 12.2. The van der Waals surface area contributed by atoms with Crippen LogP contribution in [-0.4, -0.2) is 17.8 Å². The van der Waals surface area contributed by atoms with Crippen LogP contribution < -0.4 is 20.5 Å². The second kappa shape index (κ2) is 5.24. The monoisotopic (exact) mass is 286 g/mol. The molecule has 1 aliphatic heterocycles. The number of amides is 1. The molecule has 2 aromatic rings. The average Bonchev–Trinajstić information content (AvgIpc) is 2.94. The highest BCUT2D eigenvalue weighted by atomic mass is 16.7. The first kappa shape index (κ1) is 13.1. The lowest BCUT2D eigenvalue weighted by molar-refractivity contribution is 0.0951. The van der Waals surface area contributed by atoms with E-state index in [1.54, 1.807) is 6.07 Å². The predicted octanol–water partition coefficient (Wildman–Crippen LogP) is 1.63. The van der Waals surface area contributed by atoms with Gasteiger partial charge in [0.25, 0.3) is 5.91 Å². The Morgan fingerprint density at radius 2 is 2.00 bits per heavy atom. The molecule has 2 aromatic carbocycles. The van der Waals surface area contributed by atoms with Gasteiger partial charge < -0.3 is 25.6 Å². The number of nitrogens with two attached hydrogens (primary N) is 1. The van der Waals surface area contributed by atoms with Crippen LogP contribution in [0.4, 0.5) is 5.69 Å². The van der Waals surface area contributed by atoms with E-state index in [1.165, 1.54) is 18.2 Å². The highest BCUT2D eigenvalue weighted by molar-refractivity contribution is 5.99. The number of aromatic hydroxyl groups is 1. The Morgan fingerprint density at radius 1 is 1.19 bits per heavy atom. The van der Waals surface area contributed by atoms with E-state index in [2.05, 4.69) is 5.32 Å². The SMILES string of the molecule is Nc1ccc(O)cc1C(=O)NCc1ccc2c(c1)OCO2. The molecule has 1 heterocycles. The van der Waals surface area contributed by atoms with Crippen molar-refractivity contribution >= 4 is 11.6 Å². The number of ether oxygens (including phenoxy) is 2. The second-order valence-electron chi connectivity index (χ2n) is 4.64. The Labute approximate surface area is 121 Å². The topological polar surface area (TPSA) is 93.8 Å². The third-order valence-electron chi connectivity index (χ3n) is 3.17. The molecule has 0 saturated carbocycles. The van der Waals surface area contributed by atoms with Crippen LogP contribution in [0.15, 0.2) is 36.4 Å². The summed E-state index contributed by atoms with van der Waals surface area (Å²) in [6, 6.07) is 9.72. The Bertz CT molecular complexity index is 700. The molecule has 0 aromatic heterocycles. The van der Waals surface area contributed by atoms with Crippen molar-refractivity contribution in [2.75, 3.05) is 12.5 Å². The van der Waals surface area contributed by atoms with E-state index in [0.29, 0.717) is 23.7 Å². The largest absolute Gasteiger partial charge is 0.508 e. The summed E-state index contributed by atoms with van der Waals surface area (Å²) >= 11 is 0. The van der Waals surface area contributed by atoms with Crippen molar-refractivity contribution < 1.29 is 19.4 Å². The molecule has 0 aliphatic carbocycles. The highest BCUT2D eigenvalue weighted by Crippen LogP contribution is 2.32. The van der Waals surface area contributed by atoms with Gasteiger partial charge in [0, 0.05) is 12.2 Å². The van der Waals surface area contributed by atoms with Crippen LogP contribution in [0.25, 0.3) is 0 Å². The lowest BCUT2D eigenvalue weighted by Gasteiger charge is -2.08. The molecule has 6 nitrogen and oxygen atoms in total. The fourth-order valence-corrected chi connectivity index (χ4v) is 2.07. The van der Waals surface area contributed by atoms with Crippen LogP contribution in [0.2, 0.25) is 0 Å².